The van der Waals surface area contributed by atoms with Gasteiger partial charge in [-0.1, -0.05) is 20.8 Å². The highest BCUT2D eigenvalue weighted by atomic mass is 16.6. The van der Waals surface area contributed by atoms with Crippen LogP contribution in [-0.4, -0.2) is 35.4 Å². The van der Waals surface area contributed by atoms with E-state index < -0.39 is 12.2 Å². The summed E-state index contributed by atoms with van der Waals surface area (Å²) in [6.45, 7) is 13.9. The third kappa shape index (κ3) is 6.57. The van der Waals surface area contributed by atoms with Gasteiger partial charge in [-0.05, 0) is 64.7 Å². The number of carbonyl (C=O) groups is 2. The van der Waals surface area contributed by atoms with Crippen LogP contribution in [0.2, 0.25) is 0 Å². The standard InChI is InChI=1S/C18H34N2O4/c1-12(2)23-16(21)19-20(17(22)24-13(3)4)15-10-8-14(9-11-15)18(5,6)7/h12-15H,8-11H2,1-7H3,(H,19,21). The van der Waals surface area contributed by atoms with E-state index in [-0.39, 0.29) is 23.7 Å². The Bertz CT molecular complexity index is 421. The minimum Gasteiger partial charge on any atom is -0.446 e. The maximum atomic E-state index is 12.4. The molecule has 1 fully saturated rings. The fraction of sp³-hybridized carbons (Fsp3) is 0.889. The van der Waals surface area contributed by atoms with Gasteiger partial charge in [-0.2, -0.15) is 0 Å². The highest BCUT2D eigenvalue weighted by Gasteiger charge is 2.35. The number of hydrogen-bond acceptors (Lipinski definition) is 4. The lowest BCUT2D eigenvalue weighted by Gasteiger charge is -2.40. The second kappa shape index (κ2) is 8.58. The van der Waals surface area contributed by atoms with E-state index in [0.717, 1.165) is 25.7 Å². The lowest BCUT2D eigenvalue weighted by Crippen LogP contribution is -2.54. The largest absolute Gasteiger partial charge is 0.446 e. The van der Waals surface area contributed by atoms with Crippen molar-refractivity contribution in [2.45, 2.75) is 92.4 Å². The molecule has 0 atom stereocenters. The number of ether oxygens (including phenoxy) is 2. The molecule has 1 saturated carbocycles. The molecule has 0 unspecified atom stereocenters. The van der Waals surface area contributed by atoms with Crippen LogP contribution >= 0.6 is 0 Å². The van der Waals surface area contributed by atoms with E-state index in [1.165, 1.54) is 5.01 Å². The van der Waals surface area contributed by atoms with Crippen LogP contribution in [0.25, 0.3) is 0 Å². The summed E-state index contributed by atoms with van der Waals surface area (Å²) in [4.78, 5) is 24.3. The summed E-state index contributed by atoms with van der Waals surface area (Å²) in [6, 6.07) is -0.0606. The first-order chi connectivity index (χ1) is 11.0. The first-order valence-corrected chi connectivity index (χ1v) is 8.97. The van der Waals surface area contributed by atoms with Crippen molar-refractivity contribution in [3.8, 4) is 0 Å². The van der Waals surface area contributed by atoms with Crippen LogP contribution in [0, 0.1) is 11.3 Å². The van der Waals surface area contributed by atoms with E-state index in [9.17, 15) is 9.59 Å². The maximum Gasteiger partial charge on any atom is 0.429 e. The molecule has 6 heteroatoms. The van der Waals surface area contributed by atoms with Crippen molar-refractivity contribution in [1.29, 1.82) is 0 Å². The van der Waals surface area contributed by atoms with Crippen molar-refractivity contribution >= 4 is 12.2 Å². The normalized spacial score (nSPS) is 21.5. The summed E-state index contributed by atoms with van der Waals surface area (Å²) < 4.78 is 10.4. The zero-order valence-electron chi connectivity index (χ0n) is 16.2. The SMILES string of the molecule is CC(C)OC(=O)NN(C(=O)OC(C)C)C1CCC(C(C)(C)C)CC1. The third-order valence-corrected chi connectivity index (χ3v) is 4.37. The molecule has 0 bridgehead atoms. The molecule has 1 aliphatic rings. The summed E-state index contributed by atoms with van der Waals surface area (Å²) in [5.41, 5.74) is 2.84. The van der Waals surface area contributed by atoms with E-state index in [2.05, 4.69) is 26.2 Å². The Labute approximate surface area is 146 Å². The fourth-order valence-corrected chi connectivity index (χ4v) is 3.08. The van der Waals surface area contributed by atoms with Gasteiger partial charge in [-0.25, -0.2) is 20.0 Å². The number of hydrazine groups is 1. The number of rotatable bonds is 3. The average Bonchev–Trinajstić information content (AvgIpc) is 2.42. The van der Waals surface area contributed by atoms with Gasteiger partial charge >= 0.3 is 12.2 Å². The van der Waals surface area contributed by atoms with Gasteiger partial charge in [0.05, 0.1) is 18.2 Å². The summed E-state index contributed by atoms with van der Waals surface area (Å²) in [7, 11) is 0. The predicted molar refractivity (Wildman–Crippen MR) is 93.4 cm³/mol. The average molecular weight is 342 g/mol. The van der Waals surface area contributed by atoms with Crippen molar-refractivity contribution in [3.63, 3.8) is 0 Å². The van der Waals surface area contributed by atoms with Gasteiger partial charge in [-0.3, -0.25) is 0 Å². The second-order valence-corrected chi connectivity index (χ2v) is 8.24. The predicted octanol–water partition coefficient (Wildman–Crippen LogP) is 4.49. The van der Waals surface area contributed by atoms with Crippen LogP contribution < -0.4 is 5.43 Å². The lowest BCUT2D eigenvalue weighted by atomic mass is 9.71. The molecule has 1 N–H and O–H groups in total. The zero-order valence-corrected chi connectivity index (χ0v) is 16.2. The molecule has 0 heterocycles. The van der Waals surface area contributed by atoms with Crippen LogP contribution in [0.3, 0.4) is 0 Å². The minimum absolute atomic E-state index is 0.0606. The van der Waals surface area contributed by atoms with Gasteiger partial charge in [-0.15, -0.1) is 0 Å². The molecule has 1 aliphatic carbocycles. The Balaban J connectivity index is 2.75. The van der Waals surface area contributed by atoms with Crippen molar-refractivity contribution in [3.05, 3.63) is 0 Å². The van der Waals surface area contributed by atoms with Gasteiger partial charge in [0, 0.05) is 0 Å². The Hall–Kier alpha value is -1.46. The summed E-state index contributed by atoms with van der Waals surface area (Å²) in [5, 5.41) is 1.32. The first kappa shape index (κ1) is 20.6. The van der Waals surface area contributed by atoms with Gasteiger partial charge < -0.3 is 9.47 Å². The van der Waals surface area contributed by atoms with Gasteiger partial charge in [0.25, 0.3) is 0 Å². The highest BCUT2D eigenvalue weighted by molar-refractivity contribution is 5.74. The quantitative estimate of drug-likeness (QED) is 0.767. The molecule has 0 radical (unpaired) electrons. The molecule has 1 rings (SSSR count). The molecule has 2 amide bonds. The molecule has 0 aromatic carbocycles. The number of hydrogen-bond donors (Lipinski definition) is 1. The van der Waals surface area contributed by atoms with Gasteiger partial charge in [0.2, 0.25) is 0 Å². The van der Waals surface area contributed by atoms with Crippen LogP contribution in [0.4, 0.5) is 9.59 Å². The number of nitrogens with one attached hydrogen (secondary N) is 1. The molecule has 6 nitrogen and oxygen atoms in total. The topological polar surface area (TPSA) is 67.9 Å². The molecule has 0 saturated heterocycles. The molecular weight excluding hydrogens is 308 g/mol. The van der Waals surface area contributed by atoms with Gasteiger partial charge in [0.1, 0.15) is 0 Å². The summed E-state index contributed by atoms with van der Waals surface area (Å²) in [5.74, 6) is 0.624. The van der Waals surface area contributed by atoms with Crippen LogP contribution in [0.15, 0.2) is 0 Å². The Morgan fingerprint density at radius 3 is 1.88 bits per heavy atom. The van der Waals surface area contributed by atoms with E-state index in [1.807, 2.05) is 0 Å². The van der Waals surface area contributed by atoms with E-state index in [1.54, 1.807) is 27.7 Å². The Kier molecular flexibility index (Phi) is 7.36. The molecule has 140 valence electrons. The monoisotopic (exact) mass is 342 g/mol. The molecular formula is C18H34N2O4. The number of amides is 2. The lowest BCUT2D eigenvalue weighted by molar-refractivity contribution is 0.0158. The molecule has 0 aromatic heterocycles. The molecule has 0 spiro atoms. The Morgan fingerprint density at radius 1 is 0.958 bits per heavy atom. The smallest absolute Gasteiger partial charge is 0.429 e. The minimum atomic E-state index is -0.622. The maximum absolute atomic E-state index is 12.4. The number of carbonyl (C=O) groups excluding carboxylic acids is 2. The first-order valence-electron chi connectivity index (χ1n) is 8.97. The van der Waals surface area contributed by atoms with E-state index >= 15 is 0 Å². The molecule has 0 aromatic rings. The Morgan fingerprint density at radius 2 is 1.46 bits per heavy atom. The van der Waals surface area contributed by atoms with Crippen molar-refractivity contribution in [2.75, 3.05) is 0 Å². The third-order valence-electron chi connectivity index (χ3n) is 4.37. The second-order valence-electron chi connectivity index (χ2n) is 8.24. The van der Waals surface area contributed by atoms with Crippen LogP contribution in [0.5, 0.6) is 0 Å². The number of nitrogens with zero attached hydrogens (tertiary/aromatic N) is 1. The zero-order chi connectivity index (χ0) is 18.5. The fourth-order valence-electron chi connectivity index (χ4n) is 3.08. The molecule has 0 aliphatic heterocycles. The van der Waals surface area contributed by atoms with Crippen LogP contribution in [0.1, 0.15) is 74.1 Å². The van der Waals surface area contributed by atoms with Gasteiger partial charge in [0.15, 0.2) is 0 Å². The van der Waals surface area contributed by atoms with Crippen molar-refractivity contribution in [1.82, 2.24) is 10.4 Å². The van der Waals surface area contributed by atoms with Crippen molar-refractivity contribution in [2.24, 2.45) is 11.3 Å². The van der Waals surface area contributed by atoms with Crippen molar-refractivity contribution < 1.29 is 19.1 Å². The summed E-state index contributed by atoms with van der Waals surface area (Å²) >= 11 is 0. The summed E-state index contributed by atoms with van der Waals surface area (Å²) in [6.07, 6.45) is 2.11. The van der Waals surface area contributed by atoms with E-state index in [4.69, 9.17) is 9.47 Å². The highest BCUT2D eigenvalue weighted by Crippen LogP contribution is 2.38. The van der Waals surface area contributed by atoms with Crippen LogP contribution in [-0.2, 0) is 9.47 Å². The molecule has 24 heavy (non-hydrogen) atoms. The van der Waals surface area contributed by atoms with E-state index in [0.29, 0.717) is 5.92 Å².